The first-order valence-electron chi connectivity index (χ1n) is 10.0. The highest BCUT2D eigenvalue weighted by Gasteiger charge is 2.38. The summed E-state index contributed by atoms with van der Waals surface area (Å²) >= 11 is 0. The fourth-order valence-electron chi connectivity index (χ4n) is 4.13. The summed E-state index contributed by atoms with van der Waals surface area (Å²) in [6.07, 6.45) is 5.31. The number of amides is 2. The summed E-state index contributed by atoms with van der Waals surface area (Å²) in [7, 11) is 1.61. The first-order chi connectivity index (χ1) is 15.0. The number of aromatic nitrogens is 2. The largest absolute Gasteiger partial charge is 0.483 e. The van der Waals surface area contributed by atoms with Crippen molar-refractivity contribution in [3.05, 3.63) is 35.4 Å². The Morgan fingerprint density at radius 1 is 1.39 bits per heavy atom. The first kappa shape index (κ1) is 22.5. The number of carboxylic acid groups (broad SMARTS) is 1. The van der Waals surface area contributed by atoms with Crippen LogP contribution in [0.1, 0.15) is 46.8 Å². The van der Waals surface area contributed by atoms with Crippen LogP contribution in [-0.4, -0.2) is 64.2 Å². The molecule has 11 heteroatoms. The van der Waals surface area contributed by atoms with Crippen molar-refractivity contribution in [3.8, 4) is 0 Å². The van der Waals surface area contributed by atoms with Gasteiger partial charge in [-0.1, -0.05) is 5.16 Å². The summed E-state index contributed by atoms with van der Waals surface area (Å²) in [4.78, 5) is 39.6. The minimum absolute atomic E-state index is 0.117. The topological polar surface area (TPSA) is 148 Å². The quantitative estimate of drug-likeness (QED) is 0.676. The molecule has 0 saturated heterocycles. The lowest BCUT2D eigenvalue weighted by Crippen LogP contribution is -2.50. The Hall–Kier alpha value is -3.21. The number of carbonyl (C=O) groups excluding carboxylic acids is 2. The third-order valence-corrected chi connectivity index (χ3v) is 5.74. The van der Waals surface area contributed by atoms with Crippen LogP contribution < -0.4 is 5.32 Å². The van der Waals surface area contributed by atoms with Crippen molar-refractivity contribution in [2.75, 3.05) is 13.7 Å². The van der Waals surface area contributed by atoms with Gasteiger partial charge in [-0.25, -0.2) is 4.98 Å². The van der Waals surface area contributed by atoms with Gasteiger partial charge in [0.1, 0.15) is 12.0 Å². The van der Waals surface area contributed by atoms with E-state index in [4.69, 9.17) is 23.6 Å². The second-order valence-corrected chi connectivity index (χ2v) is 7.52. The molecule has 2 aromatic rings. The molecule has 2 aliphatic rings. The number of nitrogens with one attached hydrogen (secondary N) is 1. The van der Waals surface area contributed by atoms with Crippen molar-refractivity contribution in [2.24, 2.45) is 5.92 Å². The maximum absolute atomic E-state index is 13.0. The fourth-order valence-corrected chi connectivity index (χ4v) is 4.13. The van der Waals surface area contributed by atoms with Crippen LogP contribution in [0.15, 0.2) is 21.6 Å². The van der Waals surface area contributed by atoms with Gasteiger partial charge in [0.15, 0.2) is 12.1 Å². The van der Waals surface area contributed by atoms with Gasteiger partial charge in [-0.15, -0.1) is 0 Å². The minimum atomic E-state index is -0.279. The molecular weight excluding hydrogens is 408 g/mol. The molecule has 168 valence electrons. The Balaban J connectivity index is 0.000000858. The van der Waals surface area contributed by atoms with Crippen LogP contribution in [0.4, 0.5) is 0 Å². The number of hydrogen-bond donors (Lipinski definition) is 2. The number of rotatable bonds is 4. The fraction of sp³-hybridized carbons (Fsp3) is 0.550. The van der Waals surface area contributed by atoms with Crippen LogP contribution >= 0.6 is 0 Å². The normalized spacial score (nSPS) is 22.6. The van der Waals surface area contributed by atoms with E-state index in [1.54, 1.807) is 20.3 Å². The SMILES string of the molecule is CO[C@@H]1C[C@@H](C(=O)N2CCc3nocc3C2)CC[C@H]1NC(=O)c1ncoc1C.O=CO. The summed E-state index contributed by atoms with van der Waals surface area (Å²) < 4.78 is 15.7. The number of nitrogens with zero attached hydrogens (tertiary/aromatic N) is 3. The summed E-state index contributed by atoms with van der Waals surface area (Å²) in [5.41, 5.74) is 2.20. The number of ether oxygens (including phenoxy) is 1. The number of oxazole rings is 1. The molecular formula is C20H26N4O7. The van der Waals surface area contributed by atoms with Crippen molar-refractivity contribution in [3.63, 3.8) is 0 Å². The van der Waals surface area contributed by atoms with E-state index in [9.17, 15) is 9.59 Å². The lowest BCUT2D eigenvalue weighted by Gasteiger charge is -2.37. The van der Waals surface area contributed by atoms with Gasteiger partial charge in [0.25, 0.3) is 12.4 Å². The Morgan fingerprint density at radius 3 is 2.84 bits per heavy atom. The van der Waals surface area contributed by atoms with Gasteiger partial charge >= 0.3 is 0 Å². The molecule has 1 aliphatic carbocycles. The highest BCUT2D eigenvalue weighted by molar-refractivity contribution is 5.93. The van der Waals surface area contributed by atoms with E-state index in [0.29, 0.717) is 44.5 Å². The predicted octanol–water partition coefficient (Wildman–Crippen LogP) is 1.17. The Morgan fingerprint density at radius 2 is 2.16 bits per heavy atom. The number of aryl methyl sites for hydroxylation is 1. The lowest BCUT2D eigenvalue weighted by molar-refractivity contribution is -0.139. The van der Waals surface area contributed by atoms with Gasteiger partial charge in [-0.2, -0.15) is 0 Å². The van der Waals surface area contributed by atoms with Crippen LogP contribution in [0.2, 0.25) is 0 Å². The Bertz CT molecular complexity index is 909. The second kappa shape index (κ2) is 10.2. The molecule has 0 unspecified atom stereocenters. The average Bonchev–Trinajstić information content (AvgIpc) is 3.42. The molecule has 31 heavy (non-hydrogen) atoms. The molecule has 1 saturated carbocycles. The molecule has 2 amide bonds. The highest BCUT2D eigenvalue weighted by Crippen LogP contribution is 2.30. The second-order valence-electron chi connectivity index (χ2n) is 7.52. The zero-order valence-electron chi connectivity index (χ0n) is 17.4. The van der Waals surface area contributed by atoms with Crippen molar-refractivity contribution in [2.45, 2.75) is 51.3 Å². The smallest absolute Gasteiger partial charge is 0.290 e. The van der Waals surface area contributed by atoms with Crippen molar-refractivity contribution in [1.29, 1.82) is 0 Å². The lowest BCUT2D eigenvalue weighted by atomic mass is 9.82. The Labute approximate surface area is 178 Å². The van der Waals surface area contributed by atoms with E-state index in [1.165, 1.54) is 6.39 Å². The molecule has 11 nitrogen and oxygen atoms in total. The van der Waals surface area contributed by atoms with E-state index >= 15 is 0 Å². The minimum Gasteiger partial charge on any atom is -0.483 e. The van der Waals surface area contributed by atoms with E-state index in [-0.39, 0.29) is 42.0 Å². The van der Waals surface area contributed by atoms with E-state index < -0.39 is 0 Å². The number of hydrogen-bond acceptors (Lipinski definition) is 8. The molecule has 2 N–H and O–H groups in total. The van der Waals surface area contributed by atoms with Crippen molar-refractivity contribution >= 4 is 18.3 Å². The van der Waals surface area contributed by atoms with Gasteiger partial charge in [0.2, 0.25) is 5.91 Å². The van der Waals surface area contributed by atoms with Crippen molar-refractivity contribution in [1.82, 2.24) is 20.4 Å². The molecule has 4 rings (SSSR count). The van der Waals surface area contributed by atoms with Crippen LogP contribution in [0.5, 0.6) is 0 Å². The van der Waals surface area contributed by atoms with E-state index in [2.05, 4.69) is 15.5 Å². The third-order valence-electron chi connectivity index (χ3n) is 5.74. The molecule has 0 bridgehead atoms. The van der Waals surface area contributed by atoms with Gasteiger partial charge < -0.3 is 29.0 Å². The van der Waals surface area contributed by atoms with Crippen LogP contribution in [0.25, 0.3) is 0 Å². The maximum atomic E-state index is 13.0. The monoisotopic (exact) mass is 434 g/mol. The van der Waals surface area contributed by atoms with Gasteiger partial charge in [0, 0.05) is 31.6 Å². The Kier molecular flexibility index (Phi) is 7.40. The molecule has 0 spiro atoms. The third kappa shape index (κ3) is 5.10. The van der Waals surface area contributed by atoms with Gasteiger partial charge in [0.05, 0.1) is 24.4 Å². The molecule has 0 aromatic carbocycles. The van der Waals surface area contributed by atoms with E-state index in [1.807, 2.05) is 4.90 Å². The van der Waals surface area contributed by atoms with Crippen LogP contribution in [0, 0.1) is 12.8 Å². The number of carbonyl (C=O) groups is 3. The zero-order valence-corrected chi connectivity index (χ0v) is 17.4. The predicted molar refractivity (Wildman–Crippen MR) is 105 cm³/mol. The molecule has 0 radical (unpaired) electrons. The molecule has 1 fully saturated rings. The zero-order chi connectivity index (χ0) is 22.4. The number of methoxy groups -OCH3 is 1. The molecule has 3 atom stereocenters. The van der Waals surface area contributed by atoms with Crippen LogP contribution in [0.3, 0.4) is 0 Å². The van der Waals surface area contributed by atoms with E-state index in [0.717, 1.165) is 11.3 Å². The standard InChI is InChI=1S/C19H24N4O5.CH2O2/c1-11-17(20-10-27-11)18(24)21-15-4-3-12(7-16(15)26-2)19(25)23-6-5-14-13(8-23)9-28-22-14;2-1-3/h9-10,12,15-16H,3-8H2,1-2H3,(H,21,24);1H,(H,2,3)/t12-,15+,16+;/m0./s1. The van der Waals surface area contributed by atoms with Crippen LogP contribution in [-0.2, 0) is 27.3 Å². The summed E-state index contributed by atoms with van der Waals surface area (Å²) in [6, 6.07) is -0.163. The first-order valence-corrected chi connectivity index (χ1v) is 10.0. The molecule has 2 aromatic heterocycles. The summed E-state index contributed by atoms with van der Waals surface area (Å²) in [5.74, 6) is 0.215. The maximum Gasteiger partial charge on any atom is 0.290 e. The molecule has 3 heterocycles. The van der Waals surface area contributed by atoms with Gasteiger partial charge in [-0.05, 0) is 26.2 Å². The summed E-state index contributed by atoms with van der Waals surface area (Å²) in [6.45, 7) is 2.64. The summed E-state index contributed by atoms with van der Waals surface area (Å²) in [5, 5.41) is 13.8. The highest BCUT2D eigenvalue weighted by atomic mass is 16.5. The van der Waals surface area contributed by atoms with Crippen molar-refractivity contribution < 1.29 is 33.2 Å². The average molecular weight is 434 g/mol. The molecule has 1 aliphatic heterocycles. The van der Waals surface area contributed by atoms with Gasteiger partial charge in [-0.3, -0.25) is 14.4 Å². The number of fused-ring (bicyclic) bond motifs is 1.